The van der Waals surface area contributed by atoms with Crippen LogP contribution in [0.15, 0.2) is 41.6 Å². The number of imidazole rings is 1. The van der Waals surface area contributed by atoms with Crippen molar-refractivity contribution in [3.05, 3.63) is 48.0 Å². The summed E-state index contributed by atoms with van der Waals surface area (Å²) >= 11 is 1.91. The van der Waals surface area contributed by atoms with Crippen molar-refractivity contribution in [2.75, 3.05) is 12.3 Å². The monoisotopic (exact) mass is 303 g/mol. The van der Waals surface area contributed by atoms with E-state index in [2.05, 4.69) is 53.0 Å². The van der Waals surface area contributed by atoms with Gasteiger partial charge in [0.1, 0.15) is 5.82 Å². The quantitative estimate of drug-likeness (QED) is 0.746. The zero-order valence-electron chi connectivity index (χ0n) is 13.2. The summed E-state index contributed by atoms with van der Waals surface area (Å²) in [5, 5.41) is 3.54. The zero-order valence-corrected chi connectivity index (χ0v) is 14.0. The molecular formula is C17H25N3S. The minimum absolute atomic E-state index is 0.418. The van der Waals surface area contributed by atoms with Crippen molar-refractivity contribution < 1.29 is 0 Å². The van der Waals surface area contributed by atoms with Crippen molar-refractivity contribution in [2.45, 2.75) is 44.7 Å². The number of thioether (sulfide) groups is 1. The molecule has 1 heterocycles. The highest BCUT2D eigenvalue weighted by Crippen LogP contribution is 2.22. The highest BCUT2D eigenvalue weighted by molar-refractivity contribution is 7.99. The van der Waals surface area contributed by atoms with Gasteiger partial charge in [0.15, 0.2) is 0 Å². The van der Waals surface area contributed by atoms with Crippen molar-refractivity contribution in [2.24, 2.45) is 0 Å². The third kappa shape index (κ3) is 4.90. The summed E-state index contributed by atoms with van der Waals surface area (Å²) < 4.78 is 2.20. The molecule has 0 amide bonds. The number of aryl methyl sites for hydroxylation is 2. The molecule has 0 bridgehead atoms. The van der Waals surface area contributed by atoms with Gasteiger partial charge in [-0.1, -0.05) is 19.1 Å². The van der Waals surface area contributed by atoms with Gasteiger partial charge in [-0.3, -0.25) is 0 Å². The highest BCUT2D eigenvalue weighted by atomic mass is 32.2. The molecule has 0 spiro atoms. The smallest absolute Gasteiger partial charge is 0.105 e. The molecule has 1 aromatic carbocycles. The summed E-state index contributed by atoms with van der Waals surface area (Å²) in [4.78, 5) is 5.60. The average Bonchev–Trinajstić information content (AvgIpc) is 2.90. The van der Waals surface area contributed by atoms with Crippen molar-refractivity contribution >= 4 is 11.8 Å². The number of nitrogens with one attached hydrogen (secondary N) is 1. The normalized spacial score (nSPS) is 12.5. The number of rotatable bonds is 8. The van der Waals surface area contributed by atoms with E-state index in [0.29, 0.717) is 6.04 Å². The van der Waals surface area contributed by atoms with Crippen LogP contribution < -0.4 is 5.32 Å². The SMILES string of the molecule is CCCNC(C)c1cccc(SCCn2ccnc2C)c1. The Morgan fingerprint density at radius 2 is 2.24 bits per heavy atom. The Kier molecular flexibility index (Phi) is 6.33. The second kappa shape index (κ2) is 8.25. The summed E-state index contributed by atoms with van der Waals surface area (Å²) in [6.07, 6.45) is 5.08. The molecule has 0 radical (unpaired) electrons. The third-order valence-electron chi connectivity index (χ3n) is 3.58. The van der Waals surface area contributed by atoms with E-state index in [4.69, 9.17) is 0 Å². The Bertz CT molecular complexity index is 550. The van der Waals surface area contributed by atoms with Crippen molar-refractivity contribution in [3.8, 4) is 0 Å². The number of hydrogen-bond donors (Lipinski definition) is 1. The molecule has 0 saturated heterocycles. The fourth-order valence-corrected chi connectivity index (χ4v) is 3.17. The minimum atomic E-state index is 0.418. The van der Waals surface area contributed by atoms with Gasteiger partial charge < -0.3 is 9.88 Å². The Hall–Kier alpha value is -1.26. The van der Waals surface area contributed by atoms with Gasteiger partial charge in [-0.05, 0) is 44.5 Å². The van der Waals surface area contributed by atoms with E-state index >= 15 is 0 Å². The Labute approximate surface area is 132 Å². The molecule has 0 saturated carbocycles. The van der Waals surface area contributed by atoms with Crippen LogP contribution in [0.25, 0.3) is 0 Å². The standard InChI is InChI=1S/C17H25N3S/c1-4-8-18-14(2)16-6-5-7-17(13-16)21-12-11-20-10-9-19-15(20)3/h5-7,9-10,13-14,18H,4,8,11-12H2,1-3H3. The number of aromatic nitrogens is 2. The van der Waals surface area contributed by atoms with Crippen molar-refractivity contribution in [3.63, 3.8) is 0 Å². The van der Waals surface area contributed by atoms with Crippen LogP contribution in [0.2, 0.25) is 0 Å². The minimum Gasteiger partial charge on any atom is -0.334 e. The summed E-state index contributed by atoms with van der Waals surface area (Å²) in [6.45, 7) is 8.55. The molecule has 3 nitrogen and oxygen atoms in total. The van der Waals surface area contributed by atoms with Crippen LogP contribution in [-0.2, 0) is 6.54 Å². The molecule has 0 aliphatic carbocycles. The summed E-state index contributed by atoms with van der Waals surface area (Å²) in [5.74, 6) is 2.15. The lowest BCUT2D eigenvalue weighted by Gasteiger charge is -2.14. The first-order valence-corrected chi connectivity index (χ1v) is 8.63. The summed E-state index contributed by atoms with van der Waals surface area (Å²) in [5.41, 5.74) is 1.37. The molecule has 21 heavy (non-hydrogen) atoms. The summed E-state index contributed by atoms with van der Waals surface area (Å²) in [6, 6.07) is 9.28. The highest BCUT2D eigenvalue weighted by Gasteiger charge is 2.05. The lowest BCUT2D eigenvalue weighted by molar-refractivity contribution is 0.570. The predicted molar refractivity (Wildman–Crippen MR) is 90.8 cm³/mol. The van der Waals surface area contributed by atoms with E-state index in [9.17, 15) is 0 Å². The Morgan fingerprint density at radius 1 is 1.38 bits per heavy atom. The molecular weight excluding hydrogens is 278 g/mol. The maximum Gasteiger partial charge on any atom is 0.105 e. The average molecular weight is 303 g/mol. The second-order valence-electron chi connectivity index (χ2n) is 5.26. The topological polar surface area (TPSA) is 29.9 Å². The predicted octanol–water partition coefficient (Wildman–Crippen LogP) is 4.04. The van der Waals surface area contributed by atoms with Gasteiger partial charge in [0.2, 0.25) is 0 Å². The van der Waals surface area contributed by atoms with E-state index < -0.39 is 0 Å². The molecule has 1 unspecified atom stereocenters. The molecule has 1 aromatic heterocycles. The van der Waals surface area contributed by atoms with Gasteiger partial charge in [-0.25, -0.2) is 4.98 Å². The van der Waals surface area contributed by atoms with E-state index in [1.54, 1.807) is 0 Å². The molecule has 1 atom stereocenters. The molecule has 114 valence electrons. The van der Waals surface area contributed by atoms with Gasteiger partial charge in [0.05, 0.1) is 0 Å². The van der Waals surface area contributed by atoms with E-state index in [1.807, 2.05) is 31.1 Å². The van der Waals surface area contributed by atoms with Crippen LogP contribution in [0.4, 0.5) is 0 Å². The van der Waals surface area contributed by atoms with Crippen LogP contribution in [-0.4, -0.2) is 21.8 Å². The third-order valence-corrected chi connectivity index (χ3v) is 4.56. The molecule has 0 aliphatic rings. The largest absolute Gasteiger partial charge is 0.334 e. The molecule has 2 aromatic rings. The van der Waals surface area contributed by atoms with Gasteiger partial charge in [-0.2, -0.15) is 0 Å². The second-order valence-corrected chi connectivity index (χ2v) is 6.43. The lowest BCUT2D eigenvalue weighted by Crippen LogP contribution is -2.19. The number of nitrogens with zero attached hydrogens (tertiary/aromatic N) is 2. The van der Waals surface area contributed by atoms with Crippen LogP contribution in [0.1, 0.15) is 37.7 Å². The number of benzene rings is 1. The summed E-state index contributed by atoms with van der Waals surface area (Å²) in [7, 11) is 0. The fraction of sp³-hybridized carbons (Fsp3) is 0.471. The zero-order chi connectivity index (χ0) is 15.1. The van der Waals surface area contributed by atoms with Gasteiger partial charge in [-0.15, -0.1) is 11.8 Å². The van der Waals surface area contributed by atoms with Crippen LogP contribution >= 0.6 is 11.8 Å². The van der Waals surface area contributed by atoms with E-state index in [0.717, 1.165) is 24.7 Å². The van der Waals surface area contributed by atoms with Gasteiger partial charge in [0, 0.05) is 35.6 Å². The van der Waals surface area contributed by atoms with Crippen molar-refractivity contribution in [1.82, 2.24) is 14.9 Å². The molecule has 4 heteroatoms. The number of hydrogen-bond acceptors (Lipinski definition) is 3. The molecule has 0 aliphatic heterocycles. The first-order chi connectivity index (χ1) is 10.2. The van der Waals surface area contributed by atoms with Crippen molar-refractivity contribution in [1.29, 1.82) is 0 Å². The molecule has 0 fully saturated rings. The lowest BCUT2D eigenvalue weighted by atomic mass is 10.1. The maximum atomic E-state index is 4.25. The fourth-order valence-electron chi connectivity index (χ4n) is 2.25. The Morgan fingerprint density at radius 3 is 2.95 bits per heavy atom. The maximum absolute atomic E-state index is 4.25. The first kappa shape index (κ1) is 16.1. The molecule has 1 N–H and O–H groups in total. The Balaban J connectivity index is 1.87. The van der Waals surface area contributed by atoms with Crippen LogP contribution in [0, 0.1) is 6.92 Å². The first-order valence-electron chi connectivity index (χ1n) is 7.64. The van der Waals surface area contributed by atoms with Gasteiger partial charge in [0.25, 0.3) is 0 Å². The molecule has 2 rings (SSSR count). The van der Waals surface area contributed by atoms with E-state index in [-0.39, 0.29) is 0 Å². The van der Waals surface area contributed by atoms with E-state index in [1.165, 1.54) is 16.9 Å². The van der Waals surface area contributed by atoms with Crippen LogP contribution in [0.3, 0.4) is 0 Å². The van der Waals surface area contributed by atoms with Gasteiger partial charge >= 0.3 is 0 Å². The van der Waals surface area contributed by atoms with Crippen LogP contribution in [0.5, 0.6) is 0 Å².